The van der Waals surface area contributed by atoms with Crippen molar-refractivity contribution in [1.82, 2.24) is 0 Å². The highest BCUT2D eigenvalue weighted by molar-refractivity contribution is 4.98. The SMILES string of the molecule is C=CC1CCC(C=CC2CCC(C3CCC(CCCC)CC3)CC2)CC1. The second kappa shape index (κ2) is 10.7. The van der Waals surface area contributed by atoms with Gasteiger partial charge in [0, 0.05) is 0 Å². The maximum atomic E-state index is 3.97. The molecule has 0 aromatic rings. The third kappa shape index (κ3) is 6.00. The van der Waals surface area contributed by atoms with Crippen LogP contribution in [0.1, 0.15) is 103 Å². The topological polar surface area (TPSA) is 0 Å². The molecule has 0 spiro atoms. The van der Waals surface area contributed by atoms with Crippen LogP contribution in [-0.4, -0.2) is 0 Å². The van der Waals surface area contributed by atoms with E-state index in [1.807, 2.05) is 0 Å². The van der Waals surface area contributed by atoms with E-state index in [2.05, 4.69) is 31.7 Å². The van der Waals surface area contributed by atoms with Crippen molar-refractivity contribution in [2.24, 2.45) is 35.5 Å². The minimum absolute atomic E-state index is 0.798. The first-order valence-corrected chi connectivity index (χ1v) is 12.1. The van der Waals surface area contributed by atoms with Crippen molar-refractivity contribution in [2.45, 2.75) is 103 Å². The van der Waals surface area contributed by atoms with Gasteiger partial charge in [-0.3, -0.25) is 0 Å². The van der Waals surface area contributed by atoms with Crippen molar-refractivity contribution in [3.05, 3.63) is 24.8 Å². The molecule has 0 N–H and O–H groups in total. The molecule has 3 saturated carbocycles. The number of allylic oxidation sites excluding steroid dienone is 3. The minimum Gasteiger partial charge on any atom is -0.103 e. The summed E-state index contributed by atoms with van der Waals surface area (Å²) in [4.78, 5) is 0. The van der Waals surface area contributed by atoms with Gasteiger partial charge in [-0.25, -0.2) is 0 Å². The number of hydrogen-bond donors (Lipinski definition) is 0. The van der Waals surface area contributed by atoms with Gasteiger partial charge in [-0.1, -0.05) is 57.3 Å². The fourth-order valence-electron chi connectivity index (χ4n) is 6.14. The highest BCUT2D eigenvalue weighted by Gasteiger charge is 2.30. The van der Waals surface area contributed by atoms with Crippen LogP contribution in [0.5, 0.6) is 0 Å². The first-order valence-electron chi connectivity index (χ1n) is 12.1. The van der Waals surface area contributed by atoms with Crippen LogP contribution in [-0.2, 0) is 0 Å². The van der Waals surface area contributed by atoms with Gasteiger partial charge >= 0.3 is 0 Å². The predicted molar refractivity (Wildman–Crippen MR) is 115 cm³/mol. The van der Waals surface area contributed by atoms with Gasteiger partial charge in [-0.05, 0) is 99.7 Å². The second-order valence-corrected chi connectivity index (χ2v) is 9.89. The van der Waals surface area contributed by atoms with Crippen LogP contribution in [0.15, 0.2) is 24.8 Å². The number of hydrogen-bond acceptors (Lipinski definition) is 0. The fourth-order valence-corrected chi connectivity index (χ4v) is 6.14. The van der Waals surface area contributed by atoms with Crippen LogP contribution in [0.4, 0.5) is 0 Å². The molecule has 0 bridgehead atoms. The zero-order chi connectivity index (χ0) is 18.2. The lowest BCUT2D eigenvalue weighted by Gasteiger charge is -2.37. The lowest BCUT2D eigenvalue weighted by molar-refractivity contribution is 0.151. The molecule has 0 heteroatoms. The van der Waals surface area contributed by atoms with Gasteiger partial charge in [0.25, 0.3) is 0 Å². The zero-order valence-corrected chi connectivity index (χ0v) is 17.5. The summed E-state index contributed by atoms with van der Waals surface area (Å²) >= 11 is 0. The zero-order valence-electron chi connectivity index (χ0n) is 17.5. The first-order chi connectivity index (χ1) is 12.8. The van der Waals surface area contributed by atoms with Gasteiger partial charge in [-0.2, -0.15) is 0 Å². The van der Waals surface area contributed by atoms with E-state index >= 15 is 0 Å². The Kier molecular flexibility index (Phi) is 8.34. The molecule has 0 radical (unpaired) electrons. The summed E-state index contributed by atoms with van der Waals surface area (Å²) in [6.45, 7) is 6.31. The normalized spacial score (nSPS) is 39.1. The van der Waals surface area contributed by atoms with Crippen LogP contribution in [0.3, 0.4) is 0 Å². The monoisotopic (exact) mass is 356 g/mol. The van der Waals surface area contributed by atoms with Crippen LogP contribution in [0, 0.1) is 35.5 Å². The van der Waals surface area contributed by atoms with Gasteiger partial charge in [-0.15, -0.1) is 6.58 Å². The van der Waals surface area contributed by atoms with Crippen LogP contribution in [0.25, 0.3) is 0 Å². The van der Waals surface area contributed by atoms with E-state index in [4.69, 9.17) is 0 Å². The average Bonchev–Trinajstić information content (AvgIpc) is 2.72. The van der Waals surface area contributed by atoms with Gasteiger partial charge in [0.2, 0.25) is 0 Å². The Morgan fingerprint density at radius 2 is 1.12 bits per heavy atom. The molecule has 3 aliphatic carbocycles. The molecule has 3 fully saturated rings. The van der Waals surface area contributed by atoms with Crippen molar-refractivity contribution < 1.29 is 0 Å². The molecule has 148 valence electrons. The van der Waals surface area contributed by atoms with E-state index in [0.717, 1.165) is 35.5 Å². The maximum Gasteiger partial charge on any atom is -0.0233 e. The summed E-state index contributed by atoms with van der Waals surface area (Å²) in [6, 6.07) is 0. The van der Waals surface area contributed by atoms with Crippen molar-refractivity contribution in [3.63, 3.8) is 0 Å². The van der Waals surface area contributed by atoms with Gasteiger partial charge < -0.3 is 0 Å². The third-order valence-electron chi connectivity index (χ3n) is 8.15. The number of unbranched alkanes of at least 4 members (excludes halogenated alkanes) is 1. The molecule has 0 aromatic heterocycles. The lowest BCUT2D eigenvalue weighted by atomic mass is 9.68. The van der Waals surface area contributed by atoms with Crippen molar-refractivity contribution in [3.8, 4) is 0 Å². The molecule has 26 heavy (non-hydrogen) atoms. The summed E-state index contributed by atoms with van der Waals surface area (Å²) in [5, 5.41) is 0. The Morgan fingerprint density at radius 3 is 1.62 bits per heavy atom. The van der Waals surface area contributed by atoms with Crippen molar-refractivity contribution >= 4 is 0 Å². The smallest absolute Gasteiger partial charge is 0.0233 e. The standard InChI is InChI=1S/C26H44/c1-3-5-6-22-13-17-25(18-14-22)26-19-15-24(16-20-26)12-11-23-9-7-21(4-2)8-10-23/h4,11-12,21-26H,2-3,5-10,13-20H2,1H3. The molecule has 0 aliphatic heterocycles. The summed E-state index contributed by atoms with van der Waals surface area (Å²) in [5.74, 6) is 5.77. The molecule has 0 unspecified atom stereocenters. The largest absolute Gasteiger partial charge is 0.103 e. The lowest BCUT2D eigenvalue weighted by Crippen LogP contribution is -2.25. The number of rotatable bonds is 7. The Hall–Kier alpha value is -0.520. The van der Waals surface area contributed by atoms with Crippen LogP contribution < -0.4 is 0 Å². The van der Waals surface area contributed by atoms with E-state index in [-0.39, 0.29) is 0 Å². The summed E-state index contributed by atoms with van der Waals surface area (Å²) in [7, 11) is 0. The van der Waals surface area contributed by atoms with Gasteiger partial charge in [0.1, 0.15) is 0 Å². The molecule has 3 aliphatic rings. The predicted octanol–water partition coefficient (Wildman–Crippen LogP) is 8.34. The van der Waals surface area contributed by atoms with E-state index in [0.29, 0.717) is 0 Å². The van der Waals surface area contributed by atoms with Gasteiger partial charge in [0.05, 0.1) is 0 Å². The maximum absolute atomic E-state index is 3.97. The van der Waals surface area contributed by atoms with E-state index < -0.39 is 0 Å². The molecule has 0 heterocycles. The molecule has 0 amide bonds. The van der Waals surface area contributed by atoms with E-state index in [1.165, 1.54) is 83.5 Å². The van der Waals surface area contributed by atoms with Crippen molar-refractivity contribution in [2.75, 3.05) is 0 Å². The highest BCUT2D eigenvalue weighted by atomic mass is 14.4. The average molecular weight is 357 g/mol. The molecule has 0 saturated heterocycles. The first kappa shape index (κ1) is 20.2. The summed E-state index contributed by atoms with van der Waals surface area (Å²) in [5.41, 5.74) is 0. The fraction of sp³-hybridized carbons (Fsp3) is 0.846. The Labute approximate surface area is 163 Å². The Balaban J connectivity index is 1.33. The molecule has 0 atom stereocenters. The van der Waals surface area contributed by atoms with E-state index in [9.17, 15) is 0 Å². The van der Waals surface area contributed by atoms with Crippen LogP contribution >= 0.6 is 0 Å². The summed E-state index contributed by atoms with van der Waals surface area (Å²) in [6.07, 6.45) is 29.4. The second-order valence-electron chi connectivity index (χ2n) is 9.89. The Morgan fingerprint density at radius 1 is 0.654 bits per heavy atom. The molecular formula is C26H44. The third-order valence-corrected chi connectivity index (χ3v) is 8.15. The molecule has 0 nitrogen and oxygen atoms in total. The van der Waals surface area contributed by atoms with Crippen LogP contribution in [0.2, 0.25) is 0 Å². The molecule has 0 aromatic carbocycles. The minimum atomic E-state index is 0.798. The molecular weight excluding hydrogens is 312 g/mol. The highest BCUT2D eigenvalue weighted by Crippen LogP contribution is 2.42. The van der Waals surface area contributed by atoms with E-state index in [1.54, 1.807) is 12.8 Å². The molecule has 3 rings (SSSR count). The quantitative estimate of drug-likeness (QED) is 0.402. The Bertz CT molecular complexity index is 409. The van der Waals surface area contributed by atoms with Crippen molar-refractivity contribution in [1.29, 1.82) is 0 Å². The summed E-state index contributed by atoms with van der Waals surface area (Å²) < 4.78 is 0. The van der Waals surface area contributed by atoms with Gasteiger partial charge in [0.15, 0.2) is 0 Å².